The number of benzene rings is 1. The van der Waals surface area contributed by atoms with Crippen LogP contribution in [0.5, 0.6) is 0 Å². The van der Waals surface area contributed by atoms with Crippen LogP contribution in [0.2, 0.25) is 0 Å². The van der Waals surface area contributed by atoms with Gasteiger partial charge in [-0.15, -0.1) is 0 Å². The molecule has 2 aromatic rings. The minimum absolute atomic E-state index is 0.00631. The summed E-state index contributed by atoms with van der Waals surface area (Å²) in [6, 6.07) is 10.9. The zero-order valence-electron chi connectivity index (χ0n) is 15.0. The van der Waals surface area contributed by atoms with Crippen LogP contribution in [-0.4, -0.2) is 69.9 Å². The molecule has 1 aliphatic heterocycles. The molecule has 1 saturated heterocycles. The SMILES string of the molecule is C[C@@H](c1cc(-c2ccccc2)n[nH]1)N(C)C(=O)CN1C(=O)CN(C)C1=O. The van der Waals surface area contributed by atoms with Crippen molar-refractivity contribution in [2.24, 2.45) is 0 Å². The van der Waals surface area contributed by atoms with Crippen molar-refractivity contribution in [2.45, 2.75) is 13.0 Å². The quantitative estimate of drug-likeness (QED) is 0.823. The average molecular weight is 355 g/mol. The van der Waals surface area contributed by atoms with Gasteiger partial charge in [0.15, 0.2) is 0 Å². The lowest BCUT2D eigenvalue weighted by Gasteiger charge is -2.25. The van der Waals surface area contributed by atoms with Crippen LogP contribution in [-0.2, 0) is 9.59 Å². The number of aromatic amines is 1. The van der Waals surface area contributed by atoms with Crippen LogP contribution in [0.15, 0.2) is 36.4 Å². The Morgan fingerprint density at radius 1 is 1.31 bits per heavy atom. The summed E-state index contributed by atoms with van der Waals surface area (Å²) in [6.45, 7) is 1.61. The number of likely N-dealkylation sites (N-methyl/N-ethyl adjacent to an activating group) is 2. The van der Waals surface area contributed by atoms with E-state index < -0.39 is 6.03 Å². The lowest BCUT2D eigenvalue weighted by molar-refractivity contribution is -0.137. The maximum Gasteiger partial charge on any atom is 0.327 e. The maximum absolute atomic E-state index is 12.5. The summed E-state index contributed by atoms with van der Waals surface area (Å²) < 4.78 is 0. The summed E-state index contributed by atoms with van der Waals surface area (Å²) in [6.07, 6.45) is 0. The number of urea groups is 1. The number of aromatic nitrogens is 2. The topological polar surface area (TPSA) is 89.6 Å². The Kier molecular flexibility index (Phi) is 4.75. The number of nitrogens with one attached hydrogen (secondary N) is 1. The summed E-state index contributed by atoms with van der Waals surface area (Å²) in [5.41, 5.74) is 2.54. The Labute approximate surface area is 151 Å². The van der Waals surface area contributed by atoms with Gasteiger partial charge < -0.3 is 9.80 Å². The highest BCUT2D eigenvalue weighted by molar-refractivity contribution is 6.04. The van der Waals surface area contributed by atoms with Crippen molar-refractivity contribution in [1.82, 2.24) is 24.9 Å². The fourth-order valence-electron chi connectivity index (χ4n) is 2.80. The van der Waals surface area contributed by atoms with Crippen molar-refractivity contribution in [3.8, 4) is 11.3 Å². The predicted molar refractivity (Wildman–Crippen MR) is 94.9 cm³/mol. The molecule has 8 nitrogen and oxygen atoms in total. The number of rotatable bonds is 5. The van der Waals surface area contributed by atoms with Gasteiger partial charge in [0.05, 0.1) is 17.4 Å². The number of amides is 4. The van der Waals surface area contributed by atoms with E-state index in [0.29, 0.717) is 0 Å². The van der Waals surface area contributed by atoms with Gasteiger partial charge in [-0.3, -0.25) is 19.6 Å². The van der Waals surface area contributed by atoms with Gasteiger partial charge in [0, 0.05) is 19.7 Å². The van der Waals surface area contributed by atoms with Crippen LogP contribution in [0.3, 0.4) is 0 Å². The van der Waals surface area contributed by atoms with Crippen LogP contribution in [0.25, 0.3) is 11.3 Å². The van der Waals surface area contributed by atoms with Gasteiger partial charge in [-0.1, -0.05) is 30.3 Å². The van der Waals surface area contributed by atoms with Crippen molar-refractivity contribution in [1.29, 1.82) is 0 Å². The first-order valence-electron chi connectivity index (χ1n) is 8.30. The van der Waals surface area contributed by atoms with Crippen LogP contribution < -0.4 is 0 Å². The third-order valence-electron chi connectivity index (χ3n) is 4.62. The third kappa shape index (κ3) is 3.30. The first kappa shape index (κ1) is 17.7. The summed E-state index contributed by atoms with van der Waals surface area (Å²) in [7, 11) is 3.18. The normalized spacial score (nSPS) is 15.5. The monoisotopic (exact) mass is 355 g/mol. The molecule has 136 valence electrons. The number of H-pyrrole nitrogens is 1. The van der Waals surface area contributed by atoms with E-state index in [1.165, 1.54) is 16.8 Å². The van der Waals surface area contributed by atoms with Gasteiger partial charge in [0.25, 0.3) is 5.91 Å². The number of imide groups is 1. The number of hydrogen-bond donors (Lipinski definition) is 1. The zero-order chi connectivity index (χ0) is 18.8. The van der Waals surface area contributed by atoms with Gasteiger partial charge in [0.2, 0.25) is 5.91 Å². The van der Waals surface area contributed by atoms with Gasteiger partial charge in [-0.05, 0) is 13.0 Å². The Bertz CT molecular complexity index is 832. The van der Waals surface area contributed by atoms with E-state index in [0.717, 1.165) is 21.9 Å². The highest BCUT2D eigenvalue weighted by Crippen LogP contribution is 2.23. The molecule has 0 bridgehead atoms. The minimum Gasteiger partial charge on any atom is -0.336 e. The molecule has 1 fully saturated rings. The van der Waals surface area contributed by atoms with Crippen LogP contribution in [0.1, 0.15) is 18.7 Å². The highest BCUT2D eigenvalue weighted by atomic mass is 16.2. The van der Waals surface area contributed by atoms with Crippen molar-refractivity contribution < 1.29 is 14.4 Å². The van der Waals surface area contributed by atoms with Crippen LogP contribution >= 0.6 is 0 Å². The fraction of sp³-hybridized carbons (Fsp3) is 0.333. The standard InChI is InChI=1S/C18H21N5O3/c1-12(14-9-15(20-19-14)13-7-5-4-6-8-13)22(3)16(24)11-23-17(25)10-21(2)18(23)26/h4-9,12H,10-11H2,1-3H3,(H,19,20)/t12-/m0/s1. The molecular formula is C18H21N5O3. The van der Waals surface area contributed by atoms with Crippen molar-refractivity contribution >= 4 is 17.8 Å². The first-order chi connectivity index (χ1) is 12.4. The molecule has 0 saturated carbocycles. The molecule has 4 amide bonds. The van der Waals surface area contributed by atoms with Gasteiger partial charge in [-0.25, -0.2) is 4.79 Å². The molecule has 0 aliphatic carbocycles. The second-order valence-electron chi connectivity index (χ2n) is 6.37. The zero-order valence-corrected chi connectivity index (χ0v) is 15.0. The summed E-state index contributed by atoms with van der Waals surface area (Å²) in [5, 5.41) is 7.26. The molecule has 0 unspecified atom stereocenters. The average Bonchev–Trinajstić information content (AvgIpc) is 3.22. The van der Waals surface area contributed by atoms with E-state index in [1.807, 2.05) is 43.3 Å². The number of nitrogens with zero attached hydrogens (tertiary/aromatic N) is 4. The smallest absolute Gasteiger partial charge is 0.327 e. The highest BCUT2D eigenvalue weighted by Gasteiger charge is 2.36. The number of carbonyl (C=O) groups is 3. The van der Waals surface area contributed by atoms with Crippen LogP contribution in [0, 0.1) is 0 Å². The molecular weight excluding hydrogens is 334 g/mol. The third-order valence-corrected chi connectivity index (χ3v) is 4.62. The van der Waals surface area contributed by atoms with E-state index in [1.54, 1.807) is 7.05 Å². The number of carbonyl (C=O) groups excluding carboxylic acids is 3. The van der Waals surface area contributed by atoms with E-state index in [2.05, 4.69) is 10.2 Å². The van der Waals surface area contributed by atoms with Gasteiger partial charge in [0.1, 0.15) is 13.1 Å². The second-order valence-corrected chi connectivity index (χ2v) is 6.37. The molecule has 1 aromatic heterocycles. The fourth-order valence-corrected chi connectivity index (χ4v) is 2.80. The van der Waals surface area contributed by atoms with Crippen LogP contribution in [0.4, 0.5) is 4.79 Å². The van der Waals surface area contributed by atoms with Gasteiger partial charge in [-0.2, -0.15) is 5.10 Å². The largest absolute Gasteiger partial charge is 0.336 e. The molecule has 26 heavy (non-hydrogen) atoms. The summed E-state index contributed by atoms with van der Waals surface area (Å²) in [5.74, 6) is -0.676. The van der Waals surface area contributed by atoms with Crippen molar-refractivity contribution in [2.75, 3.05) is 27.2 Å². The van der Waals surface area contributed by atoms with E-state index in [-0.39, 0.29) is 30.9 Å². The molecule has 1 aliphatic rings. The maximum atomic E-state index is 12.5. The van der Waals surface area contributed by atoms with Crippen molar-refractivity contribution in [3.63, 3.8) is 0 Å². The lowest BCUT2D eigenvalue weighted by Crippen LogP contribution is -2.42. The lowest BCUT2D eigenvalue weighted by atomic mass is 10.1. The molecule has 0 spiro atoms. The Morgan fingerprint density at radius 2 is 2.00 bits per heavy atom. The van der Waals surface area contributed by atoms with E-state index in [9.17, 15) is 14.4 Å². The van der Waals surface area contributed by atoms with E-state index >= 15 is 0 Å². The summed E-state index contributed by atoms with van der Waals surface area (Å²) >= 11 is 0. The van der Waals surface area contributed by atoms with E-state index in [4.69, 9.17) is 0 Å². The molecule has 1 N–H and O–H groups in total. The predicted octanol–water partition coefficient (Wildman–Crippen LogP) is 1.49. The number of hydrogen-bond acceptors (Lipinski definition) is 4. The molecule has 1 atom stereocenters. The Balaban J connectivity index is 1.69. The molecule has 0 radical (unpaired) electrons. The second kappa shape index (κ2) is 6.99. The molecule has 3 rings (SSSR count). The Morgan fingerprint density at radius 3 is 2.62 bits per heavy atom. The molecule has 2 heterocycles. The molecule has 8 heteroatoms. The summed E-state index contributed by atoms with van der Waals surface area (Å²) in [4.78, 5) is 40.0. The first-order valence-corrected chi connectivity index (χ1v) is 8.30. The van der Waals surface area contributed by atoms with Gasteiger partial charge >= 0.3 is 6.03 Å². The van der Waals surface area contributed by atoms with Crippen molar-refractivity contribution in [3.05, 3.63) is 42.1 Å². The minimum atomic E-state index is -0.447. The Hall–Kier alpha value is -3.16. The molecule has 1 aromatic carbocycles.